The van der Waals surface area contributed by atoms with E-state index in [1.165, 1.54) is 0 Å². The molecule has 0 aliphatic rings. The average Bonchev–Trinajstić information content (AvgIpc) is 2.26. The molecule has 0 bridgehead atoms. The van der Waals surface area contributed by atoms with Gasteiger partial charge in [0.25, 0.3) is 0 Å². The summed E-state index contributed by atoms with van der Waals surface area (Å²) in [5.74, 6) is 0. The summed E-state index contributed by atoms with van der Waals surface area (Å²) in [6, 6.07) is 9.65. The lowest BCUT2D eigenvalue weighted by Crippen LogP contribution is -2.44. The SMILES string of the molecule is Cc1cccc(C(C#N)NC(C)(C)CO)c1. The van der Waals surface area contributed by atoms with Crippen LogP contribution < -0.4 is 5.32 Å². The number of aliphatic hydroxyl groups excluding tert-OH is 1. The van der Waals surface area contributed by atoms with Gasteiger partial charge in [0.1, 0.15) is 6.04 Å². The highest BCUT2D eigenvalue weighted by atomic mass is 16.3. The molecular weight excluding hydrogens is 200 g/mol. The maximum absolute atomic E-state index is 9.17. The quantitative estimate of drug-likeness (QED) is 0.811. The van der Waals surface area contributed by atoms with E-state index in [1.54, 1.807) is 0 Å². The number of nitrogens with one attached hydrogen (secondary N) is 1. The molecule has 1 aromatic rings. The lowest BCUT2D eigenvalue weighted by Gasteiger charge is -2.27. The molecule has 16 heavy (non-hydrogen) atoms. The number of nitrogens with zero attached hydrogens (tertiary/aromatic N) is 1. The van der Waals surface area contributed by atoms with E-state index in [2.05, 4.69) is 11.4 Å². The Kier molecular flexibility index (Phi) is 4.05. The van der Waals surface area contributed by atoms with Crippen LogP contribution >= 0.6 is 0 Å². The van der Waals surface area contributed by atoms with Crippen LogP contribution in [0.25, 0.3) is 0 Å². The van der Waals surface area contributed by atoms with E-state index in [1.807, 2.05) is 45.0 Å². The van der Waals surface area contributed by atoms with Gasteiger partial charge in [0, 0.05) is 5.54 Å². The lowest BCUT2D eigenvalue weighted by atomic mass is 10.0. The Morgan fingerprint density at radius 3 is 2.69 bits per heavy atom. The third-order valence-corrected chi connectivity index (χ3v) is 2.43. The Bertz CT molecular complexity index is 393. The second-order valence-electron chi connectivity index (χ2n) is 4.66. The minimum atomic E-state index is -0.454. The molecule has 3 heteroatoms. The molecule has 0 aliphatic heterocycles. The predicted molar refractivity (Wildman–Crippen MR) is 63.8 cm³/mol. The highest BCUT2D eigenvalue weighted by molar-refractivity contribution is 5.28. The minimum absolute atomic E-state index is 0.00298. The van der Waals surface area contributed by atoms with Crippen LogP contribution in [0.4, 0.5) is 0 Å². The van der Waals surface area contributed by atoms with Gasteiger partial charge in [-0.05, 0) is 26.3 Å². The highest BCUT2D eigenvalue weighted by Gasteiger charge is 2.22. The van der Waals surface area contributed by atoms with Crippen molar-refractivity contribution in [2.24, 2.45) is 0 Å². The summed E-state index contributed by atoms with van der Waals surface area (Å²) in [4.78, 5) is 0. The van der Waals surface area contributed by atoms with Crippen LogP contribution in [0.15, 0.2) is 24.3 Å². The van der Waals surface area contributed by atoms with Crippen LogP contribution in [0, 0.1) is 18.3 Å². The van der Waals surface area contributed by atoms with Crippen LogP contribution in [0.5, 0.6) is 0 Å². The number of aryl methyl sites for hydroxylation is 1. The first kappa shape index (κ1) is 12.7. The van der Waals surface area contributed by atoms with Crippen LogP contribution in [-0.4, -0.2) is 17.3 Å². The molecule has 0 heterocycles. The molecule has 0 aromatic heterocycles. The first-order valence-electron chi connectivity index (χ1n) is 5.33. The first-order chi connectivity index (χ1) is 7.48. The monoisotopic (exact) mass is 218 g/mol. The minimum Gasteiger partial charge on any atom is -0.394 e. The molecule has 0 aliphatic carbocycles. The number of hydrogen-bond donors (Lipinski definition) is 2. The Hall–Kier alpha value is -1.37. The molecule has 1 unspecified atom stereocenters. The van der Waals surface area contributed by atoms with Gasteiger partial charge in [-0.15, -0.1) is 0 Å². The van der Waals surface area contributed by atoms with Gasteiger partial charge in [0.2, 0.25) is 0 Å². The molecule has 1 atom stereocenters. The van der Waals surface area contributed by atoms with E-state index >= 15 is 0 Å². The fourth-order valence-electron chi connectivity index (χ4n) is 1.48. The number of benzene rings is 1. The van der Waals surface area contributed by atoms with Crippen molar-refractivity contribution in [3.63, 3.8) is 0 Å². The molecule has 0 saturated carbocycles. The average molecular weight is 218 g/mol. The summed E-state index contributed by atoms with van der Waals surface area (Å²) in [5.41, 5.74) is 1.61. The predicted octanol–water partition coefficient (Wildman–Crippen LogP) is 1.92. The van der Waals surface area contributed by atoms with Gasteiger partial charge in [-0.2, -0.15) is 5.26 Å². The van der Waals surface area contributed by atoms with Gasteiger partial charge in [0.15, 0.2) is 0 Å². The summed E-state index contributed by atoms with van der Waals surface area (Å²) >= 11 is 0. The van der Waals surface area contributed by atoms with Crippen LogP contribution in [0.2, 0.25) is 0 Å². The largest absolute Gasteiger partial charge is 0.394 e. The van der Waals surface area contributed by atoms with E-state index in [9.17, 15) is 0 Å². The fraction of sp³-hybridized carbons (Fsp3) is 0.462. The van der Waals surface area contributed by atoms with Crippen LogP contribution in [0.3, 0.4) is 0 Å². The smallest absolute Gasteiger partial charge is 0.121 e. The van der Waals surface area contributed by atoms with Crippen molar-refractivity contribution in [2.45, 2.75) is 32.4 Å². The van der Waals surface area contributed by atoms with E-state index in [0.29, 0.717) is 0 Å². The second kappa shape index (κ2) is 5.11. The molecule has 3 nitrogen and oxygen atoms in total. The summed E-state index contributed by atoms with van der Waals surface area (Å²) in [5, 5.41) is 21.4. The standard InChI is InChI=1S/C13H18N2O/c1-10-5-4-6-11(7-10)12(8-14)15-13(2,3)9-16/h4-7,12,15-16H,9H2,1-3H3. The highest BCUT2D eigenvalue weighted by Crippen LogP contribution is 2.17. The third kappa shape index (κ3) is 3.34. The van der Waals surface area contributed by atoms with E-state index < -0.39 is 5.54 Å². The zero-order valence-electron chi connectivity index (χ0n) is 9.99. The van der Waals surface area contributed by atoms with Gasteiger partial charge in [0.05, 0.1) is 12.7 Å². The van der Waals surface area contributed by atoms with Crippen LogP contribution in [0.1, 0.15) is 31.0 Å². The fourth-order valence-corrected chi connectivity index (χ4v) is 1.48. The van der Waals surface area contributed by atoms with Gasteiger partial charge in [-0.25, -0.2) is 0 Å². The van der Waals surface area contributed by atoms with Crippen molar-refractivity contribution in [2.75, 3.05) is 6.61 Å². The summed E-state index contributed by atoms with van der Waals surface area (Å²) in [6.45, 7) is 5.73. The zero-order chi connectivity index (χ0) is 12.2. The van der Waals surface area contributed by atoms with Gasteiger partial charge in [-0.1, -0.05) is 29.8 Å². The molecule has 86 valence electrons. The molecule has 0 radical (unpaired) electrons. The third-order valence-electron chi connectivity index (χ3n) is 2.43. The zero-order valence-corrected chi connectivity index (χ0v) is 9.99. The normalized spacial score (nSPS) is 13.2. The van der Waals surface area contributed by atoms with Crippen molar-refractivity contribution in [1.29, 1.82) is 5.26 Å². The molecule has 0 amide bonds. The Balaban J connectivity index is 2.88. The number of hydrogen-bond acceptors (Lipinski definition) is 3. The van der Waals surface area contributed by atoms with Crippen molar-refractivity contribution >= 4 is 0 Å². The molecule has 0 spiro atoms. The molecule has 2 N–H and O–H groups in total. The summed E-state index contributed by atoms with van der Waals surface area (Å²) in [6.07, 6.45) is 0. The number of rotatable bonds is 4. The van der Waals surface area contributed by atoms with Crippen LogP contribution in [-0.2, 0) is 0 Å². The Morgan fingerprint density at radius 2 is 2.19 bits per heavy atom. The summed E-state index contributed by atoms with van der Waals surface area (Å²) in [7, 11) is 0. The van der Waals surface area contributed by atoms with E-state index in [4.69, 9.17) is 10.4 Å². The Morgan fingerprint density at radius 1 is 1.50 bits per heavy atom. The molecule has 0 saturated heterocycles. The molecule has 1 rings (SSSR count). The molecule has 1 aromatic carbocycles. The number of nitriles is 1. The van der Waals surface area contributed by atoms with E-state index in [0.717, 1.165) is 11.1 Å². The summed E-state index contributed by atoms with van der Waals surface area (Å²) < 4.78 is 0. The molecular formula is C13H18N2O. The van der Waals surface area contributed by atoms with E-state index in [-0.39, 0.29) is 12.6 Å². The van der Waals surface area contributed by atoms with Gasteiger partial charge in [-0.3, -0.25) is 5.32 Å². The second-order valence-corrected chi connectivity index (χ2v) is 4.66. The maximum Gasteiger partial charge on any atom is 0.121 e. The maximum atomic E-state index is 9.17. The topological polar surface area (TPSA) is 56.0 Å². The van der Waals surface area contributed by atoms with Gasteiger partial charge < -0.3 is 5.11 Å². The van der Waals surface area contributed by atoms with Crippen molar-refractivity contribution in [1.82, 2.24) is 5.32 Å². The number of aliphatic hydroxyl groups is 1. The first-order valence-corrected chi connectivity index (χ1v) is 5.33. The molecule has 0 fully saturated rings. The Labute approximate surface area is 96.7 Å². The van der Waals surface area contributed by atoms with Crippen molar-refractivity contribution in [3.8, 4) is 6.07 Å². The van der Waals surface area contributed by atoms with Crippen molar-refractivity contribution < 1.29 is 5.11 Å². The lowest BCUT2D eigenvalue weighted by molar-refractivity contribution is 0.182. The van der Waals surface area contributed by atoms with Gasteiger partial charge >= 0.3 is 0 Å². The van der Waals surface area contributed by atoms with Crippen molar-refractivity contribution in [3.05, 3.63) is 35.4 Å².